The Morgan fingerprint density at radius 3 is 2.13 bits per heavy atom. The number of carboxylic acid groups (broad SMARTS) is 1. The third-order valence-electron chi connectivity index (χ3n) is 4.14. The number of ether oxygens (including phenoxy) is 1. The van der Waals surface area contributed by atoms with E-state index in [-0.39, 0.29) is 5.70 Å². The second kappa shape index (κ2) is 10.7. The largest absolute Gasteiger partial charge is 0.487 e. The second-order valence-electron chi connectivity index (χ2n) is 6.41. The Labute approximate surface area is 204 Å². The van der Waals surface area contributed by atoms with Crippen LogP contribution in [-0.4, -0.2) is 17.0 Å². The van der Waals surface area contributed by atoms with Crippen molar-refractivity contribution in [1.29, 1.82) is 0 Å². The minimum Gasteiger partial charge on any atom is -0.487 e. The predicted octanol–water partition coefficient (Wildman–Crippen LogP) is 6.41. The Bertz CT molecular complexity index is 1110. The smallest absolute Gasteiger partial charge is 0.352 e. The SMILES string of the molecule is O=C(O)/C(=C\c1cc(Br)c(OCc2ccc(Br)cc2)c(Br)c1)NC(=O)c1ccccc1. The molecule has 3 rings (SSSR count). The molecule has 0 atom stereocenters. The molecule has 0 aliphatic heterocycles. The van der Waals surface area contributed by atoms with Gasteiger partial charge in [0.25, 0.3) is 5.91 Å². The summed E-state index contributed by atoms with van der Waals surface area (Å²) in [7, 11) is 0. The number of hydrogen-bond donors (Lipinski definition) is 2. The van der Waals surface area contributed by atoms with E-state index in [2.05, 4.69) is 53.1 Å². The van der Waals surface area contributed by atoms with E-state index in [1.165, 1.54) is 6.08 Å². The zero-order valence-electron chi connectivity index (χ0n) is 15.9. The van der Waals surface area contributed by atoms with E-state index in [9.17, 15) is 14.7 Å². The monoisotopic (exact) mass is 607 g/mol. The zero-order chi connectivity index (χ0) is 22.4. The van der Waals surface area contributed by atoms with E-state index in [0.29, 0.717) is 32.4 Å². The molecule has 1 amide bonds. The van der Waals surface area contributed by atoms with E-state index in [0.717, 1.165) is 10.0 Å². The summed E-state index contributed by atoms with van der Waals surface area (Å²) in [5.41, 5.74) is 1.70. The van der Waals surface area contributed by atoms with Crippen LogP contribution in [0.3, 0.4) is 0 Å². The van der Waals surface area contributed by atoms with Crippen LogP contribution in [-0.2, 0) is 11.4 Å². The lowest BCUT2D eigenvalue weighted by atomic mass is 10.1. The molecule has 3 aromatic rings. The number of amides is 1. The molecular weight excluding hydrogens is 594 g/mol. The number of carbonyl (C=O) groups excluding carboxylic acids is 1. The van der Waals surface area contributed by atoms with Gasteiger partial charge in [-0.3, -0.25) is 4.79 Å². The van der Waals surface area contributed by atoms with Crippen LogP contribution in [0.1, 0.15) is 21.5 Å². The van der Waals surface area contributed by atoms with Crippen molar-refractivity contribution in [3.8, 4) is 5.75 Å². The lowest BCUT2D eigenvalue weighted by Gasteiger charge is -2.12. The third kappa shape index (κ3) is 6.53. The maximum atomic E-state index is 12.3. The van der Waals surface area contributed by atoms with Gasteiger partial charge in [0.1, 0.15) is 18.1 Å². The second-order valence-corrected chi connectivity index (χ2v) is 9.04. The number of benzene rings is 3. The van der Waals surface area contributed by atoms with Gasteiger partial charge >= 0.3 is 5.97 Å². The standard InChI is InChI=1S/C23H16Br3NO4/c24-17-8-6-14(7-9-17)13-31-21-18(25)10-15(11-19(21)26)12-20(23(29)30)27-22(28)16-4-2-1-3-5-16/h1-12H,13H2,(H,27,28)(H,29,30)/b20-12+. The number of aliphatic carboxylic acids is 1. The summed E-state index contributed by atoms with van der Waals surface area (Å²) in [5.74, 6) is -1.15. The summed E-state index contributed by atoms with van der Waals surface area (Å²) < 4.78 is 8.18. The Kier molecular flexibility index (Phi) is 8.06. The number of carboxylic acids is 1. The fourth-order valence-electron chi connectivity index (χ4n) is 2.64. The van der Waals surface area contributed by atoms with Crippen molar-refractivity contribution in [2.24, 2.45) is 0 Å². The molecule has 0 fully saturated rings. The lowest BCUT2D eigenvalue weighted by Crippen LogP contribution is -2.27. The number of halogens is 3. The average Bonchev–Trinajstić information content (AvgIpc) is 2.74. The summed E-state index contributed by atoms with van der Waals surface area (Å²) in [6.45, 7) is 0.368. The minimum atomic E-state index is -1.24. The van der Waals surface area contributed by atoms with Gasteiger partial charge in [-0.2, -0.15) is 0 Å². The molecule has 0 radical (unpaired) electrons. The van der Waals surface area contributed by atoms with Crippen molar-refractivity contribution in [3.05, 3.63) is 103 Å². The molecule has 3 aromatic carbocycles. The van der Waals surface area contributed by atoms with Gasteiger partial charge in [0.2, 0.25) is 0 Å². The quantitative estimate of drug-likeness (QED) is 0.304. The molecular formula is C23H16Br3NO4. The highest BCUT2D eigenvalue weighted by atomic mass is 79.9. The van der Waals surface area contributed by atoms with Gasteiger partial charge < -0.3 is 15.2 Å². The third-order valence-corrected chi connectivity index (χ3v) is 5.85. The van der Waals surface area contributed by atoms with Gasteiger partial charge in [-0.1, -0.05) is 46.3 Å². The molecule has 0 saturated carbocycles. The van der Waals surface area contributed by atoms with Gasteiger partial charge in [0, 0.05) is 10.0 Å². The van der Waals surface area contributed by atoms with Crippen molar-refractivity contribution in [2.75, 3.05) is 0 Å². The summed E-state index contributed by atoms with van der Waals surface area (Å²) in [6, 6.07) is 19.6. The summed E-state index contributed by atoms with van der Waals surface area (Å²) in [4.78, 5) is 24.0. The number of hydrogen-bond acceptors (Lipinski definition) is 3. The molecule has 31 heavy (non-hydrogen) atoms. The van der Waals surface area contributed by atoms with Crippen LogP contribution < -0.4 is 10.1 Å². The number of nitrogens with one attached hydrogen (secondary N) is 1. The van der Waals surface area contributed by atoms with Crippen LogP contribution in [0.25, 0.3) is 6.08 Å². The first-order chi connectivity index (χ1) is 14.8. The summed E-state index contributed by atoms with van der Waals surface area (Å²) >= 11 is 10.3. The molecule has 0 aliphatic carbocycles. The first kappa shape index (κ1) is 23.2. The van der Waals surface area contributed by atoms with Gasteiger partial charge in [-0.25, -0.2) is 4.79 Å². The predicted molar refractivity (Wildman–Crippen MR) is 130 cm³/mol. The molecule has 0 saturated heterocycles. The summed E-state index contributed by atoms with van der Waals surface area (Å²) in [6.07, 6.45) is 1.39. The Morgan fingerprint density at radius 1 is 0.935 bits per heavy atom. The van der Waals surface area contributed by atoms with Crippen LogP contribution in [0.15, 0.2) is 85.8 Å². The van der Waals surface area contributed by atoms with Crippen LogP contribution in [0.4, 0.5) is 0 Å². The molecule has 158 valence electrons. The van der Waals surface area contributed by atoms with Crippen molar-refractivity contribution < 1.29 is 19.4 Å². The van der Waals surface area contributed by atoms with Gasteiger partial charge in [0.05, 0.1) is 8.95 Å². The maximum absolute atomic E-state index is 12.3. The Hall–Kier alpha value is -2.42. The highest BCUT2D eigenvalue weighted by Crippen LogP contribution is 2.36. The van der Waals surface area contributed by atoms with Crippen molar-refractivity contribution in [3.63, 3.8) is 0 Å². The normalized spacial score (nSPS) is 11.1. The van der Waals surface area contributed by atoms with Crippen LogP contribution in [0.5, 0.6) is 5.75 Å². The highest BCUT2D eigenvalue weighted by molar-refractivity contribution is 9.11. The Morgan fingerprint density at radius 2 is 1.55 bits per heavy atom. The zero-order valence-corrected chi connectivity index (χ0v) is 20.7. The van der Waals surface area contributed by atoms with Crippen LogP contribution in [0, 0.1) is 0 Å². The number of rotatable bonds is 7. The molecule has 0 aliphatic rings. The molecule has 8 heteroatoms. The fraction of sp³-hybridized carbons (Fsp3) is 0.0435. The molecule has 0 aromatic heterocycles. The van der Waals surface area contributed by atoms with Crippen molar-refractivity contribution >= 4 is 65.7 Å². The molecule has 0 unspecified atom stereocenters. The van der Waals surface area contributed by atoms with Crippen molar-refractivity contribution in [2.45, 2.75) is 6.61 Å². The Balaban J connectivity index is 1.79. The fourth-order valence-corrected chi connectivity index (χ4v) is 4.35. The first-order valence-electron chi connectivity index (χ1n) is 9.01. The molecule has 0 spiro atoms. The van der Waals surface area contributed by atoms with E-state index < -0.39 is 11.9 Å². The molecule has 0 heterocycles. The van der Waals surface area contributed by atoms with Crippen LogP contribution >= 0.6 is 47.8 Å². The van der Waals surface area contributed by atoms with Crippen LogP contribution in [0.2, 0.25) is 0 Å². The van der Waals surface area contributed by atoms with E-state index in [4.69, 9.17) is 4.74 Å². The maximum Gasteiger partial charge on any atom is 0.352 e. The van der Waals surface area contributed by atoms with Gasteiger partial charge in [-0.05, 0) is 85.5 Å². The molecule has 5 nitrogen and oxygen atoms in total. The van der Waals surface area contributed by atoms with Gasteiger partial charge in [-0.15, -0.1) is 0 Å². The summed E-state index contributed by atoms with van der Waals surface area (Å²) in [5, 5.41) is 12.0. The van der Waals surface area contributed by atoms with E-state index in [1.54, 1.807) is 42.5 Å². The molecule has 2 N–H and O–H groups in total. The first-order valence-corrected chi connectivity index (χ1v) is 11.4. The number of carbonyl (C=O) groups is 2. The topological polar surface area (TPSA) is 75.6 Å². The van der Waals surface area contributed by atoms with Gasteiger partial charge in [0.15, 0.2) is 0 Å². The van der Waals surface area contributed by atoms with E-state index >= 15 is 0 Å². The lowest BCUT2D eigenvalue weighted by molar-refractivity contribution is -0.132. The molecule has 0 bridgehead atoms. The average molecular weight is 610 g/mol. The van der Waals surface area contributed by atoms with Crippen molar-refractivity contribution in [1.82, 2.24) is 5.32 Å². The van der Waals surface area contributed by atoms with E-state index in [1.807, 2.05) is 24.3 Å². The minimum absolute atomic E-state index is 0.240. The highest BCUT2D eigenvalue weighted by Gasteiger charge is 2.15.